The van der Waals surface area contributed by atoms with E-state index >= 15 is 0 Å². The Bertz CT molecular complexity index is 671. The summed E-state index contributed by atoms with van der Waals surface area (Å²) in [5, 5.41) is 7.44. The summed E-state index contributed by atoms with van der Waals surface area (Å²) in [6, 6.07) is 0.456. The van der Waals surface area contributed by atoms with Gasteiger partial charge in [0.2, 0.25) is 0 Å². The van der Waals surface area contributed by atoms with Gasteiger partial charge in [0.25, 0.3) is 0 Å². The minimum Gasteiger partial charge on any atom is -0.379 e. The Balaban J connectivity index is 1.40. The highest BCUT2D eigenvalue weighted by Gasteiger charge is 2.45. The van der Waals surface area contributed by atoms with Crippen LogP contribution in [0.2, 0.25) is 0 Å². The van der Waals surface area contributed by atoms with E-state index in [-0.39, 0.29) is 6.10 Å². The van der Waals surface area contributed by atoms with Crippen molar-refractivity contribution in [2.45, 2.75) is 32.2 Å². The van der Waals surface area contributed by atoms with E-state index in [2.05, 4.69) is 26.6 Å². The third kappa shape index (κ3) is 3.19. The van der Waals surface area contributed by atoms with E-state index < -0.39 is 0 Å². The maximum absolute atomic E-state index is 6.19. The van der Waals surface area contributed by atoms with Gasteiger partial charge in [-0.3, -0.25) is 9.58 Å². The highest BCUT2D eigenvalue weighted by molar-refractivity contribution is 7.09. The number of fused-ring (bicyclic) bond motifs is 1. The van der Waals surface area contributed by atoms with Crippen molar-refractivity contribution in [2.75, 3.05) is 19.8 Å². The normalized spacial score (nSPS) is 27.7. The van der Waals surface area contributed by atoms with E-state index in [1.165, 1.54) is 5.56 Å². The number of thiazole rings is 1. The third-order valence-electron chi connectivity index (χ3n) is 4.71. The standard InChI is InChI=1S/C16H22N4O2S/c1-11-18-13(10-23-11)7-22-16-6-20(15-9-21-8-14(15)16)5-12-3-17-19(2)4-12/h3-4,10,14-16H,5-9H2,1-2H3/t14-,15+,16+/m0/s1. The molecule has 2 fully saturated rings. The van der Waals surface area contributed by atoms with Crippen LogP contribution in [-0.4, -0.2) is 51.6 Å². The number of nitrogens with zero attached hydrogens (tertiary/aromatic N) is 4. The smallest absolute Gasteiger partial charge is 0.0901 e. The fraction of sp³-hybridized carbons (Fsp3) is 0.625. The first-order chi connectivity index (χ1) is 11.2. The minimum atomic E-state index is 0.223. The molecule has 6 nitrogen and oxygen atoms in total. The lowest BCUT2D eigenvalue weighted by Crippen LogP contribution is -2.32. The molecule has 0 aromatic carbocycles. The van der Waals surface area contributed by atoms with Crippen LogP contribution in [-0.2, 0) is 29.7 Å². The first kappa shape index (κ1) is 15.3. The Hall–Kier alpha value is -1.28. The first-order valence-corrected chi connectivity index (χ1v) is 8.89. The molecule has 2 aliphatic rings. The molecule has 0 amide bonds. The molecule has 2 aromatic rings. The quantitative estimate of drug-likeness (QED) is 0.831. The Labute approximate surface area is 140 Å². The van der Waals surface area contributed by atoms with E-state index in [0.29, 0.717) is 18.6 Å². The molecule has 124 valence electrons. The Morgan fingerprint density at radius 2 is 2.35 bits per heavy atom. The molecule has 0 spiro atoms. The van der Waals surface area contributed by atoms with Gasteiger partial charge in [-0.15, -0.1) is 11.3 Å². The van der Waals surface area contributed by atoms with Gasteiger partial charge in [-0.25, -0.2) is 4.98 Å². The maximum atomic E-state index is 6.19. The van der Waals surface area contributed by atoms with Crippen LogP contribution < -0.4 is 0 Å². The zero-order valence-electron chi connectivity index (χ0n) is 13.5. The van der Waals surface area contributed by atoms with E-state index in [1.807, 2.05) is 24.9 Å². The van der Waals surface area contributed by atoms with Crippen molar-refractivity contribution in [1.29, 1.82) is 0 Å². The number of hydrogen-bond donors (Lipinski definition) is 0. The predicted octanol–water partition coefficient (Wildman–Crippen LogP) is 1.60. The SMILES string of the molecule is Cc1nc(CO[C@@H]2CN(Cc3cnn(C)c3)[C@@H]3COC[C@@H]32)cs1. The monoisotopic (exact) mass is 334 g/mol. The van der Waals surface area contributed by atoms with E-state index in [0.717, 1.165) is 37.0 Å². The van der Waals surface area contributed by atoms with E-state index in [4.69, 9.17) is 9.47 Å². The summed E-state index contributed by atoms with van der Waals surface area (Å²) in [5.74, 6) is 0.464. The van der Waals surface area contributed by atoms with Gasteiger partial charge in [0.05, 0.1) is 42.8 Å². The van der Waals surface area contributed by atoms with Crippen LogP contribution in [0.4, 0.5) is 0 Å². The topological polar surface area (TPSA) is 52.4 Å². The molecule has 0 aliphatic carbocycles. The molecular weight excluding hydrogens is 312 g/mol. The van der Waals surface area contributed by atoms with Crippen LogP contribution in [0.15, 0.2) is 17.8 Å². The molecule has 4 heterocycles. The van der Waals surface area contributed by atoms with Gasteiger partial charge in [-0.2, -0.15) is 5.10 Å². The number of ether oxygens (including phenoxy) is 2. The fourth-order valence-electron chi connectivity index (χ4n) is 3.61. The lowest BCUT2D eigenvalue weighted by atomic mass is 10.0. The van der Waals surface area contributed by atoms with Gasteiger partial charge in [0.1, 0.15) is 0 Å². The highest BCUT2D eigenvalue weighted by Crippen LogP contribution is 2.33. The number of aromatic nitrogens is 3. The fourth-order valence-corrected chi connectivity index (χ4v) is 4.20. The van der Waals surface area contributed by atoms with Gasteiger partial charge in [-0.05, 0) is 6.92 Å². The Kier molecular flexibility index (Phi) is 4.19. The van der Waals surface area contributed by atoms with Crippen LogP contribution in [0, 0.1) is 12.8 Å². The zero-order chi connectivity index (χ0) is 15.8. The van der Waals surface area contributed by atoms with E-state index in [1.54, 1.807) is 11.3 Å². The molecule has 7 heteroatoms. The summed E-state index contributed by atoms with van der Waals surface area (Å²) >= 11 is 1.68. The lowest BCUT2D eigenvalue weighted by Gasteiger charge is -2.21. The van der Waals surface area contributed by atoms with Gasteiger partial charge in [-0.1, -0.05) is 0 Å². The molecule has 0 bridgehead atoms. The number of hydrogen-bond acceptors (Lipinski definition) is 6. The number of likely N-dealkylation sites (tertiary alicyclic amines) is 1. The average Bonchev–Trinajstić information content (AvgIpc) is 3.25. The van der Waals surface area contributed by atoms with Crippen LogP contribution in [0.3, 0.4) is 0 Å². The summed E-state index contributed by atoms with van der Waals surface area (Å²) in [7, 11) is 1.96. The zero-order valence-corrected chi connectivity index (χ0v) is 14.3. The largest absolute Gasteiger partial charge is 0.379 e. The van der Waals surface area contributed by atoms with Crippen molar-refractivity contribution in [1.82, 2.24) is 19.7 Å². The van der Waals surface area contributed by atoms with Crippen molar-refractivity contribution in [3.8, 4) is 0 Å². The van der Waals surface area contributed by atoms with Crippen LogP contribution in [0.25, 0.3) is 0 Å². The average molecular weight is 334 g/mol. The van der Waals surface area contributed by atoms with Gasteiger partial charge < -0.3 is 9.47 Å². The van der Waals surface area contributed by atoms with Gasteiger partial charge >= 0.3 is 0 Å². The Morgan fingerprint density at radius 3 is 3.09 bits per heavy atom. The molecule has 0 saturated carbocycles. The van der Waals surface area contributed by atoms with Crippen LogP contribution >= 0.6 is 11.3 Å². The van der Waals surface area contributed by atoms with Crippen molar-refractivity contribution in [2.24, 2.45) is 13.0 Å². The van der Waals surface area contributed by atoms with Gasteiger partial charge in [0.15, 0.2) is 0 Å². The second-order valence-electron chi connectivity index (χ2n) is 6.43. The van der Waals surface area contributed by atoms with Crippen molar-refractivity contribution >= 4 is 11.3 Å². The van der Waals surface area contributed by atoms with Crippen molar-refractivity contribution in [3.05, 3.63) is 34.0 Å². The molecule has 3 atom stereocenters. The highest BCUT2D eigenvalue weighted by atomic mass is 32.1. The third-order valence-corrected chi connectivity index (χ3v) is 5.53. The van der Waals surface area contributed by atoms with Gasteiger partial charge in [0, 0.05) is 49.2 Å². The molecule has 0 unspecified atom stereocenters. The first-order valence-electron chi connectivity index (χ1n) is 8.01. The number of aryl methyl sites for hydroxylation is 2. The maximum Gasteiger partial charge on any atom is 0.0901 e. The molecule has 4 rings (SSSR count). The molecule has 23 heavy (non-hydrogen) atoms. The lowest BCUT2D eigenvalue weighted by molar-refractivity contribution is 0.00756. The predicted molar refractivity (Wildman–Crippen MR) is 87.1 cm³/mol. The molecular formula is C16H22N4O2S. The summed E-state index contributed by atoms with van der Waals surface area (Å²) in [6.07, 6.45) is 4.25. The van der Waals surface area contributed by atoms with Crippen LogP contribution in [0.5, 0.6) is 0 Å². The summed E-state index contributed by atoms with van der Waals surface area (Å²) in [4.78, 5) is 6.96. The molecule has 0 radical (unpaired) electrons. The van der Waals surface area contributed by atoms with E-state index in [9.17, 15) is 0 Å². The minimum absolute atomic E-state index is 0.223. The summed E-state index contributed by atoms with van der Waals surface area (Å²) < 4.78 is 13.8. The molecule has 2 aromatic heterocycles. The van der Waals surface area contributed by atoms with Crippen molar-refractivity contribution < 1.29 is 9.47 Å². The molecule has 2 saturated heterocycles. The molecule has 0 N–H and O–H groups in total. The number of rotatable bonds is 5. The second kappa shape index (κ2) is 6.32. The summed E-state index contributed by atoms with van der Waals surface area (Å²) in [5.41, 5.74) is 2.28. The Morgan fingerprint density at radius 1 is 1.43 bits per heavy atom. The molecule has 2 aliphatic heterocycles. The van der Waals surface area contributed by atoms with Crippen molar-refractivity contribution in [3.63, 3.8) is 0 Å². The second-order valence-corrected chi connectivity index (χ2v) is 7.49. The summed E-state index contributed by atoms with van der Waals surface area (Å²) in [6.45, 7) is 6.10. The van der Waals surface area contributed by atoms with Crippen LogP contribution in [0.1, 0.15) is 16.3 Å².